The maximum absolute atomic E-state index is 12.0. The number of likely N-dealkylation sites (N-methyl/N-ethyl adjacent to an activating group) is 1. The summed E-state index contributed by atoms with van der Waals surface area (Å²) in [5.41, 5.74) is 1.53. The van der Waals surface area contributed by atoms with Crippen molar-refractivity contribution in [3.63, 3.8) is 0 Å². The summed E-state index contributed by atoms with van der Waals surface area (Å²) >= 11 is 0. The Hall–Kier alpha value is -1.55. The van der Waals surface area contributed by atoms with Gasteiger partial charge in [-0.3, -0.25) is 4.57 Å². The second-order valence-electron chi connectivity index (χ2n) is 5.00. The molecule has 1 N–H and O–H groups in total. The Balaban J connectivity index is 2.33. The maximum atomic E-state index is 12.0. The molecule has 19 heavy (non-hydrogen) atoms. The van der Waals surface area contributed by atoms with Crippen LogP contribution in [0.25, 0.3) is 11.1 Å². The molecular formula is C15H22N2O2. The zero-order valence-corrected chi connectivity index (χ0v) is 11.8. The number of hydrogen-bond acceptors (Lipinski definition) is 3. The van der Waals surface area contributed by atoms with Crippen LogP contribution in [0.5, 0.6) is 0 Å². The molecule has 0 fully saturated rings. The van der Waals surface area contributed by atoms with Crippen LogP contribution in [0.15, 0.2) is 33.5 Å². The highest BCUT2D eigenvalue weighted by atomic mass is 16.4. The Morgan fingerprint density at radius 1 is 1.32 bits per heavy atom. The smallest absolute Gasteiger partial charge is 0.408 e. The first kappa shape index (κ1) is 13.9. The second kappa shape index (κ2) is 6.06. The van der Waals surface area contributed by atoms with Crippen LogP contribution in [-0.2, 0) is 6.54 Å². The van der Waals surface area contributed by atoms with Gasteiger partial charge in [0.1, 0.15) is 0 Å². The van der Waals surface area contributed by atoms with Crippen molar-refractivity contribution in [1.82, 2.24) is 9.88 Å². The summed E-state index contributed by atoms with van der Waals surface area (Å²) in [5.74, 6) is 0.243. The number of para-hydroxylation sites is 2. The molecule has 2 atom stereocenters. The lowest BCUT2D eigenvalue weighted by Gasteiger charge is -2.23. The normalized spacial score (nSPS) is 14.7. The molecule has 0 saturated carbocycles. The molecule has 0 spiro atoms. The summed E-state index contributed by atoms with van der Waals surface area (Å²) in [4.78, 5) is 12.0. The van der Waals surface area contributed by atoms with Gasteiger partial charge in [-0.15, -0.1) is 0 Å². The van der Waals surface area contributed by atoms with Crippen molar-refractivity contribution in [2.45, 2.75) is 39.8 Å². The highest BCUT2D eigenvalue weighted by Crippen LogP contribution is 2.15. The van der Waals surface area contributed by atoms with Crippen LogP contribution in [0, 0.1) is 5.92 Å². The van der Waals surface area contributed by atoms with Gasteiger partial charge in [0.25, 0.3) is 0 Å². The van der Waals surface area contributed by atoms with E-state index in [0.29, 0.717) is 18.0 Å². The molecule has 0 aliphatic rings. The molecule has 4 heteroatoms. The number of benzene rings is 1. The molecule has 0 aliphatic carbocycles. The van der Waals surface area contributed by atoms with Gasteiger partial charge in [-0.1, -0.05) is 39.3 Å². The fraction of sp³-hybridized carbons (Fsp3) is 0.533. The van der Waals surface area contributed by atoms with Crippen molar-refractivity contribution in [3.05, 3.63) is 34.8 Å². The highest BCUT2D eigenvalue weighted by molar-refractivity contribution is 5.72. The predicted molar refractivity (Wildman–Crippen MR) is 77.4 cm³/mol. The first-order valence-corrected chi connectivity index (χ1v) is 6.99. The first-order valence-electron chi connectivity index (χ1n) is 6.99. The fourth-order valence-corrected chi connectivity index (χ4v) is 2.38. The highest BCUT2D eigenvalue weighted by Gasteiger charge is 2.18. The summed E-state index contributed by atoms with van der Waals surface area (Å²) in [6.07, 6.45) is 1.09. The molecule has 1 heterocycles. The van der Waals surface area contributed by atoms with Crippen LogP contribution in [0.4, 0.5) is 0 Å². The molecular weight excluding hydrogens is 240 g/mol. The Morgan fingerprint density at radius 2 is 2.05 bits per heavy atom. The van der Waals surface area contributed by atoms with Crippen LogP contribution in [0.3, 0.4) is 0 Å². The summed E-state index contributed by atoms with van der Waals surface area (Å²) in [5, 5.41) is 3.46. The quantitative estimate of drug-likeness (QED) is 0.870. The summed E-state index contributed by atoms with van der Waals surface area (Å²) < 4.78 is 7.00. The number of rotatable bonds is 6. The van der Waals surface area contributed by atoms with Crippen LogP contribution in [-0.4, -0.2) is 17.2 Å². The van der Waals surface area contributed by atoms with E-state index in [4.69, 9.17) is 4.42 Å². The van der Waals surface area contributed by atoms with Crippen molar-refractivity contribution in [2.24, 2.45) is 5.92 Å². The van der Waals surface area contributed by atoms with Gasteiger partial charge in [0.05, 0.1) is 5.52 Å². The molecule has 4 nitrogen and oxygen atoms in total. The van der Waals surface area contributed by atoms with Gasteiger partial charge in [-0.2, -0.15) is 0 Å². The zero-order valence-electron chi connectivity index (χ0n) is 11.8. The third-order valence-corrected chi connectivity index (χ3v) is 3.75. The molecule has 2 aromatic rings. The van der Waals surface area contributed by atoms with E-state index in [0.717, 1.165) is 18.5 Å². The van der Waals surface area contributed by atoms with Crippen molar-refractivity contribution >= 4 is 11.1 Å². The van der Waals surface area contributed by atoms with E-state index < -0.39 is 0 Å². The largest absolute Gasteiger partial charge is 0.420 e. The molecule has 2 rings (SSSR count). The zero-order chi connectivity index (χ0) is 13.8. The van der Waals surface area contributed by atoms with Crippen LogP contribution in [0.1, 0.15) is 27.2 Å². The maximum Gasteiger partial charge on any atom is 0.420 e. The third kappa shape index (κ3) is 2.89. The van der Waals surface area contributed by atoms with Gasteiger partial charge in [0.15, 0.2) is 5.58 Å². The lowest BCUT2D eigenvalue weighted by atomic mass is 9.99. The van der Waals surface area contributed by atoms with Crippen molar-refractivity contribution < 1.29 is 4.42 Å². The topological polar surface area (TPSA) is 47.2 Å². The second-order valence-corrected chi connectivity index (χ2v) is 5.00. The van der Waals surface area contributed by atoms with Gasteiger partial charge in [-0.05, 0) is 24.6 Å². The van der Waals surface area contributed by atoms with Crippen LogP contribution >= 0.6 is 0 Å². The predicted octanol–water partition coefficient (Wildman–Crippen LogP) is 2.62. The third-order valence-electron chi connectivity index (χ3n) is 3.75. The van der Waals surface area contributed by atoms with Crippen LogP contribution in [0.2, 0.25) is 0 Å². The Labute approximate surface area is 113 Å². The lowest BCUT2D eigenvalue weighted by Crippen LogP contribution is -2.40. The monoisotopic (exact) mass is 262 g/mol. The molecule has 1 aromatic carbocycles. The van der Waals surface area contributed by atoms with Crippen molar-refractivity contribution in [2.75, 3.05) is 6.54 Å². The number of aromatic nitrogens is 1. The van der Waals surface area contributed by atoms with E-state index in [1.807, 2.05) is 24.3 Å². The molecule has 0 aliphatic heterocycles. The average Bonchev–Trinajstić information content (AvgIpc) is 2.73. The molecule has 0 amide bonds. The first-order chi connectivity index (χ1) is 9.17. The van der Waals surface area contributed by atoms with Gasteiger partial charge in [0, 0.05) is 12.6 Å². The number of hydrogen-bond donors (Lipinski definition) is 1. The van der Waals surface area contributed by atoms with E-state index in [-0.39, 0.29) is 11.8 Å². The lowest BCUT2D eigenvalue weighted by molar-refractivity contribution is 0.327. The standard InChI is InChI=1S/C15H22N2O2/c1-4-11(3)12(16-5-2)10-17-13-8-6-7-9-14(13)19-15(17)18/h6-9,11-12,16H,4-5,10H2,1-3H3. The summed E-state index contributed by atoms with van der Waals surface area (Å²) in [7, 11) is 0. The molecule has 104 valence electrons. The van der Waals surface area contributed by atoms with E-state index in [1.165, 1.54) is 0 Å². The molecule has 1 aromatic heterocycles. The van der Waals surface area contributed by atoms with Crippen LogP contribution < -0.4 is 11.1 Å². The molecule has 0 radical (unpaired) electrons. The van der Waals surface area contributed by atoms with E-state index >= 15 is 0 Å². The van der Waals surface area contributed by atoms with Gasteiger partial charge >= 0.3 is 5.76 Å². The summed E-state index contributed by atoms with van der Waals surface area (Å²) in [6, 6.07) is 7.86. The van der Waals surface area contributed by atoms with Gasteiger partial charge in [0.2, 0.25) is 0 Å². The SMILES string of the molecule is CCNC(Cn1c(=O)oc2ccccc21)C(C)CC. The van der Waals surface area contributed by atoms with Crippen molar-refractivity contribution in [3.8, 4) is 0 Å². The Bertz CT molecular complexity index is 585. The Morgan fingerprint density at radius 3 is 2.74 bits per heavy atom. The Kier molecular flexibility index (Phi) is 4.43. The summed E-state index contributed by atoms with van der Waals surface area (Å²) in [6.45, 7) is 8.02. The van der Waals surface area contributed by atoms with Gasteiger partial charge < -0.3 is 9.73 Å². The van der Waals surface area contributed by atoms with E-state index in [1.54, 1.807) is 4.57 Å². The van der Waals surface area contributed by atoms with Crippen molar-refractivity contribution in [1.29, 1.82) is 0 Å². The fourth-order valence-electron chi connectivity index (χ4n) is 2.38. The minimum absolute atomic E-state index is 0.271. The molecule has 2 unspecified atom stereocenters. The molecule has 0 bridgehead atoms. The average molecular weight is 262 g/mol. The molecule has 0 saturated heterocycles. The number of nitrogens with zero attached hydrogens (tertiary/aromatic N) is 1. The minimum atomic E-state index is -0.271. The number of oxazole rings is 1. The number of fused-ring (bicyclic) bond motifs is 1. The number of nitrogens with one attached hydrogen (secondary N) is 1. The van der Waals surface area contributed by atoms with E-state index in [2.05, 4.69) is 26.1 Å². The minimum Gasteiger partial charge on any atom is -0.408 e. The van der Waals surface area contributed by atoms with E-state index in [9.17, 15) is 4.79 Å². The van der Waals surface area contributed by atoms with Gasteiger partial charge in [-0.25, -0.2) is 4.79 Å².